The van der Waals surface area contributed by atoms with Gasteiger partial charge in [-0.15, -0.1) is 0 Å². The monoisotopic (exact) mass is 334 g/mol. The largest absolute Gasteiger partial charge is 0.441 e. The van der Waals surface area contributed by atoms with E-state index in [9.17, 15) is 9.59 Å². The van der Waals surface area contributed by atoms with Crippen molar-refractivity contribution < 1.29 is 14.0 Å². The Morgan fingerprint density at radius 3 is 2.44 bits per heavy atom. The van der Waals surface area contributed by atoms with Crippen LogP contribution in [0.15, 0.2) is 59.0 Å². The second-order valence-electron chi connectivity index (χ2n) is 5.71. The zero-order valence-corrected chi connectivity index (χ0v) is 14.1. The smallest absolute Gasteiger partial charge is 0.230 e. The van der Waals surface area contributed by atoms with E-state index in [1.807, 2.05) is 30.3 Å². The average Bonchev–Trinajstić information content (AvgIpc) is 2.96. The van der Waals surface area contributed by atoms with Crippen LogP contribution in [0.2, 0.25) is 0 Å². The molecular formula is C20H18N2O3. The second kappa shape index (κ2) is 7.13. The lowest BCUT2D eigenvalue weighted by Gasteiger charge is -2.08. The van der Waals surface area contributed by atoms with Gasteiger partial charge in [0.25, 0.3) is 0 Å². The van der Waals surface area contributed by atoms with E-state index in [1.165, 1.54) is 6.92 Å². The van der Waals surface area contributed by atoms with Gasteiger partial charge in [-0.25, -0.2) is 4.98 Å². The molecule has 126 valence electrons. The number of hydrogen-bond donors (Lipinski definition) is 1. The van der Waals surface area contributed by atoms with Gasteiger partial charge in [0.1, 0.15) is 5.76 Å². The molecule has 1 N–H and O–H groups in total. The quantitative estimate of drug-likeness (QED) is 0.715. The molecule has 1 amide bonds. The van der Waals surface area contributed by atoms with Crippen LogP contribution in [0.3, 0.4) is 0 Å². The first kappa shape index (κ1) is 16.6. The van der Waals surface area contributed by atoms with Crippen molar-refractivity contribution in [3.8, 4) is 11.5 Å². The Bertz CT molecular complexity index is 914. The van der Waals surface area contributed by atoms with Crippen LogP contribution < -0.4 is 5.32 Å². The number of ketones is 1. The third-order valence-corrected chi connectivity index (χ3v) is 3.82. The number of para-hydroxylation sites is 1. The SMILES string of the molecule is CC(=O)c1ccccc1NC(=O)Cc1nc(-c2ccccc2)oc1C. The molecular weight excluding hydrogens is 316 g/mol. The van der Waals surface area contributed by atoms with Crippen LogP contribution >= 0.6 is 0 Å². The molecule has 1 heterocycles. The summed E-state index contributed by atoms with van der Waals surface area (Å²) < 4.78 is 5.67. The van der Waals surface area contributed by atoms with Gasteiger partial charge in [-0.05, 0) is 38.1 Å². The number of rotatable bonds is 5. The van der Waals surface area contributed by atoms with E-state index >= 15 is 0 Å². The number of anilines is 1. The van der Waals surface area contributed by atoms with Crippen molar-refractivity contribution in [2.45, 2.75) is 20.3 Å². The maximum atomic E-state index is 12.4. The normalized spacial score (nSPS) is 10.5. The first-order chi connectivity index (χ1) is 12.0. The summed E-state index contributed by atoms with van der Waals surface area (Å²) in [6.07, 6.45) is 0.0778. The van der Waals surface area contributed by atoms with Crippen molar-refractivity contribution in [1.82, 2.24) is 4.98 Å². The predicted octanol–water partition coefficient (Wildman–Crippen LogP) is 4.03. The summed E-state index contributed by atoms with van der Waals surface area (Å²) in [6, 6.07) is 16.5. The standard InChI is InChI=1S/C20H18N2O3/c1-13(23)16-10-6-7-11-17(16)21-19(24)12-18-14(2)25-20(22-18)15-8-4-3-5-9-15/h3-11H,12H2,1-2H3,(H,21,24). The molecule has 0 unspecified atom stereocenters. The van der Waals surface area contributed by atoms with Gasteiger partial charge in [0.15, 0.2) is 5.78 Å². The number of amides is 1. The zero-order chi connectivity index (χ0) is 17.8. The molecule has 3 rings (SSSR count). The molecule has 0 fully saturated rings. The number of oxazole rings is 1. The fourth-order valence-corrected chi connectivity index (χ4v) is 2.54. The van der Waals surface area contributed by atoms with Crippen LogP contribution in [0.25, 0.3) is 11.5 Å². The summed E-state index contributed by atoms with van der Waals surface area (Å²) in [5.74, 6) is 0.753. The van der Waals surface area contributed by atoms with Crippen molar-refractivity contribution in [3.63, 3.8) is 0 Å². The number of nitrogens with one attached hydrogen (secondary N) is 1. The first-order valence-electron chi connectivity index (χ1n) is 7.96. The Hall–Kier alpha value is -3.21. The molecule has 1 aromatic heterocycles. The number of benzene rings is 2. The molecule has 0 spiro atoms. The Kier molecular flexibility index (Phi) is 4.75. The van der Waals surface area contributed by atoms with E-state index < -0.39 is 0 Å². The fraction of sp³-hybridized carbons (Fsp3) is 0.150. The Morgan fingerprint density at radius 2 is 1.72 bits per heavy atom. The van der Waals surface area contributed by atoms with Crippen LogP contribution in [-0.2, 0) is 11.2 Å². The number of hydrogen-bond acceptors (Lipinski definition) is 4. The van der Waals surface area contributed by atoms with Gasteiger partial charge >= 0.3 is 0 Å². The molecule has 0 radical (unpaired) electrons. The molecule has 0 aliphatic carbocycles. The van der Waals surface area contributed by atoms with Crippen LogP contribution in [0.5, 0.6) is 0 Å². The zero-order valence-electron chi connectivity index (χ0n) is 14.1. The summed E-state index contributed by atoms with van der Waals surface area (Å²) in [5, 5.41) is 2.78. The van der Waals surface area contributed by atoms with Crippen LogP contribution in [-0.4, -0.2) is 16.7 Å². The highest BCUT2D eigenvalue weighted by Crippen LogP contribution is 2.22. The minimum absolute atomic E-state index is 0.0778. The summed E-state index contributed by atoms with van der Waals surface area (Å²) in [6.45, 7) is 3.25. The van der Waals surface area contributed by atoms with E-state index in [0.29, 0.717) is 28.6 Å². The van der Waals surface area contributed by atoms with Gasteiger partial charge in [-0.3, -0.25) is 9.59 Å². The lowest BCUT2D eigenvalue weighted by atomic mass is 10.1. The van der Waals surface area contributed by atoms with Crippen molar-refractivity contribution in [2.75, 3.05) is 5.32 Å². The summed E-state index contributed by atoms with van der Waals surface area (Å²) in [7, 11) is 0. The van der Waals surface area contributed by atoms with Gasteiger partial charge in [0, 0.05) is 11.1 Å². The summed E-state index contributed by atoms with van der Waals surface area (Å²) >= 11 is 0. The molecule has 0 bridgehead atoms. The van der Waals surface area contributed by atoms with Crippen LogP contribution in [0.1, 0.15) is 28.7 Å². The van der Waals surface area contributed by atoms with Gasteiger partial charge in [0.05, 0.1) is 17.8 Å². The van der Waals surface area contributed by atoms with Gasteiger partial charge in [-0.1, -0.05) is 30.3 Å². The number of aromatic nitrogens is 1. The van der Waals surface area contributed by atoms with E-state index in [4.69, 9.17) is 4.42 Å². The molecule has 0 atom stereocenters. The van der Waals surface area contributed by atoms with E-state index in [0.717, 1.165) is 5.56 Å². The van der Waals surface area contributed by atoms with Gasteiger partial charge in [0.2, 0.25) is 11.8 Å². The Balaban J connectivity index is 1.76. The summed E-state index contributed by atoms with van der Waals surface area (Å²) in [5.41, 5.74) is 2.43. The third kappa shape index (κ3) is 3.83. The Morgan fingerprint density at radius 1 is 1.04 bits per heavy atom. The Labute approximate surface area is 145 Å². The first-order valence-corrected chi connectivity index (χ1v) is 7.96. The lowest BCUT2D eigenvalue weighted by molar-refractivity contribution is -0.115. The number of nitrogens with zero attached hydrogens (tertiary/aromatic N) is 1. The predicted molar refractivity (Wildman–Crippen MR) is 95.5 cm³/mol. The van der Waals surface area contributed by atoms with Crippen LogP contribution in [0, 0.1) is 6.92 Å². The van der Waals surface area contributed by atoms with Gasteiger partial charge < -0.3 is 9.73 Å². The maximum Gasteiger partial charge on any atom is 0.230 e. The van der Waals surface area contributed by atoms with Crippen molar-refractivity contribution in [1.29, 1.82) is 0 Å². The topological polar surface area (TPSA) is 72.2 Å². The molecule has 0 aliphatic heterocycles. The highest BCUT2D eigenvalue weighted by molar-refractivity contribution is 6.03. The number of carbonyl (C=O) groups is 2. The van der Waals surface area contributed by atoms with Crippen molar-refractivity contribution >= 4 is 17.4 Å². The van der Waals surface area contributed by atoms with E-state index in [1.54, 1.807) is 31.2 Å². The average molecular weight is 334 g/mol. The molecule has 5 heteroatoms. The number of aryl methyl sites for hydroxylation is 1. The van der Waals surface area contributed by atoms with Crippen LogP contribution in [0.4, 0.5) is 5.69 Å². The minimum Gasteiger partial charge on any atom is -0.441 e. The molecule has 0 saturated heterocycles. The maximum absolute atomic E-state index is 12.4. The third-order valence-electron chi connectivity index (χ3n) is 3.82. The number of Topliss-reactive ketones (excluding diaryl/α,β-unsaturated/α-hetero) is 1. The lowest BCUT2D eigenvalue weighted by Crippen LogP contribution is -2.17. The van der Waals surface area contributed by atoms with Crippen molar-refractivity contribution in [3.05, 3.63) is 71.6 Å². The van der Waals surface area contributed by atoms with Gasteiger partial charge in [-0.2, -0.15) is 0 Å². The molecule has 0 aliphatic rings. The number of carbonyl (C=O) groups excluding carboxylic acids is 2. The molecule has 5 nitrogen and oxygen atoms in total. The molecule has 0 saturated carbocycles. The fourth-order valence-electron chi connectivity index (χ4n) is 2.54. The highest BCUT2D eigenvalue weighted by Gasteiger charge is 2.16. The minimum atomic E-state index is -0.246. The molecule has 3 aromatic rings. The second-order valence-corrected chi connectivity index (χ2v) is 5.71. The van der Waals surface area contributed by atoms with E-state index in [-0.39, 0.29) is 18.1 Å². The molecule has 2 aromatic carbocycles. The summed E-state index contributed by atoms with van der Waals surface area (Å²) in [4.78, 5) is 28.4. The highest BCUT2D eigenvalue weighted by atomic mass is 16.4. The molecule has 25 heavy (non-hydrogen) atoms. The van der Waals surface area contributed by atoms with E-state index in [2.05, 4.69) is 10.3 Å². The van der Waals surface area contributed by atoms with Crippen molar-refractivity contribution in [2.24, 2.45) is 0 Å².